The maximum Gasteiger partial charge on any atom is 0.235 e. The standard InChI is InChI=1S/C9H14ClN3O2/c1-6(11-8(14)4-10)9-7(15-3)5-13(2)12-9/h5-6H,4H2,1-3H3,(H,11,14). The molecule has 0 aliphatic heterocycles. The minimum absolute atomic E-state index is 0.0561. The smallest absolute Gasteiger partial charge is 0.235 e. The molecule has 1 rings (SSSR count). The average Bonchev–Trinajstić information content (AvgIpc) is 2.59. The molecule has 0 fully saturated rings. The third kappa shape index (κ3) is 2.86. The topological polar surface area (TPSA) is 56.1 Å². The number of alkyl halides is 1. The number of nitrogens with zero attached hydrogens (tertiary/aromatic N) is 2. The maximum atomic E-state index is 11.1. The van der Waals surface area contributed by atoms with Crippen molar-refractivity contribution >= 4 is 17.5 Å². The van der Waals surface area contributed by atoms with Gasteiger partial charge in [-0.3, -0.25) is 9.48 Å². The van der Waals surface area contributed by atoms with Crippen LogP contribution in [0.15, 0.2) is 6.20 Å². The number of aromatic nitrogens is 2. The summed E-state index contributed by atoms with van der Waals surface area (Å²) < 4.78 is 6.77. The fourth-order valence-corrected chi connectivity index (χ4v) is 1.37. The lowest BCUT2D eigenvalue weighted by Gasteiger charge is -2.11. The molecule has 0 bridgehead atoms. The van der Waals surface area contributed by atoms with Crippen LogP contribution in [0, 0.1) is 0 Å². The molecule has 1 unspecified atom stereocenters. The second-order valence-electron chi connectivity index (χ2n) is 3.18. The van der Waals surface area contributed by atoms with Gasteiger partial charge in [-0.25, -0.2) is 0 Å². The Morgan fingerprint density at radius 1 is 1.80 bits per heavy atom. The molecule has 1 heterocycles. The van der Waals surface area contributed by atoms with Gasteiger partial charge in [0.25, 0.3) is 0 Å². The fraction of sp³-hybridized carbons (Fsp3) is 0.556. The van der Waals surface area contributed by atoms with Crippen LogP contribution in [-0.2, 0) is 11.8 Å². The molecule has 0 aliphatic carbocycles. The molecule has 1 atom stereocenters. The van der Waals surface area contributed by atoms with E-state index in [9.17, 15) is 4.79 Å². The summed E-state index contributed by atoms with van der Waals surface area (Å²) in [6, 6.07) is -0.215. The van der Waals surface area contributed by atoms with Crippen LogP contribution in [0.3, 0.4) is 0 Å². The Kier molecular flexibility index (Phi) is 3.96. The number of methoxy groups -OCH3 is 1. The Bertz CT molecular complexity index is 351. The number of carbonyl (C=O) groups excluding carboxylic acids is 1. The molecule has 5 nitrogen and oxygen atoms in total. The Balaban J connectivity index is 2.80. The molecule has 0 spiro atoms. The Morgan fingerprint density at radius 3 is 3.00 bits per heavy atom. The number of halogens is 1. The van der Waals surface area contributed by atoms with E-state index >= 15 is 0 Å². The molecule has 0 aromatic carbocycles. The quantitative estimate of drug-likeness (QED) is 0.782. The second kappa shape index (κ2) is 5.02. The zero-order chi connectivity index (χ0) is 11.4. The Hall–Kier alpha value is -1.23. The lowest BCUT2D eigenvalue weighted by Crippen LogP contribution is -2.28. The summed E-state index contributed by atoms with van der Waals surface area (Å²) in [5, 5.41) is 6.91. The van der Waals surface area contributed by atoms with E-state index in [1.165, 1.54) is 0 Å². The highest BCUT2D eigenvalue weighted by atomic mass is 35.5. The molecule has 0 aliphatic rings. The van der Waals surface area contributed by atoms with E-state index in [1.807, 2.05) is 6.92 Å². The van der Waals surface area contributed by atoms with E-state index in [1.54, 1.807) is 25.0 Å². The zero-order valence-corrected chi connectivity index (χ0v) is 9.71. The van der Waals surface area contributed by atoms with Crippen molar-refractivity contribution in [1.82, 2.24) is 15.1 Å². The average molecular weight is 232 g/mol. The number of ether oxygens (including phenoxy) is 1. The van der Waals surface area contributed by atoms with Gasteiger partial charge in [0.1, 0.15) is 11.6 Å². The minimum Gasteiger partial charge on any atom is -0.493 e. The van der Waals surface area contributed by atoms with Gasteiger partial charge in [-0.15, -0.1) is 11.6 Å². The van der Waals surface area contributed by atoms with Crippen molar-refractivity contribution in [3.05, 3.63) is 11.9 Å². The van der Waals surface area contributed by atoms with Crippen molar-refractivity contribution in [3.63, 3.8) is 0 Å². The normalized spacial score (nSPS) is 12.3. The van der Waals surface area contributed by atoms with E-state index in [2.05, 4.69) is 10.4 Å². The van der Waals surface area contributed by atoms with Crippen molar-refractivity contribution in [2.24, 2.45) is 7.05 Å². The number of hydrogen-bond acceptors (Lipinski definition) is 3. The zero-order valence-electron chi connectivity index (χ0n) is 8.95. The van der Waals surface area contributed by atoms with Gasteiger partial charge in [0.2, 0.25) is 5.91 Å². The first-order chi connectivity index (χ1) is 7.08. The Labute approximate surface area is 93.4 Å². The predicted molar refractivity (Wildman–Crippen MR) is 57.0 cm³/mol. The van der Waals surface area contributed by atoms with Crippen LogP contribution in [-0.4, -0.2) is 28.7 Å². The largest absolute Gasteiger partial charge is 0.493 e. The van der Waals surface area contributed by atoms with Crippen molar-refractivity contribution in [2.45, 2.75) is 13.0 Å². The van der Waals surface area contributed by atoms with Gasteiger partial charge in [-0.2, -0.15) is 5.10 Å². The van der Waals surface area contributed by atoms with Gasteiger partial charge in [0.05, 0.1) is 19.3 Å². The van der Waals surface area contributed by atoms with E-state index < -0.39 is 0 Å². The van der Waals surface area contributed by atoms with Crippen LogP contribution < -0.4 is 10.1 Å². The number of amides is 1. The van der Waals surface area contributed by atoms with Gasteiger partial charge >= 0.3 is 0 Å². The third-order valence-electron chi connectivity index (χ3n) is 1.95. The molecule has 0 saturated heterocycles. The first kappa shape index (κ1) is 11.8. The van der Waals surface area contributed by atoms with E-state index in [0.717, 1.165) is 0 Å². The first-order valence-corrected chi connectivity index (χ1v) is 5.04. The lowest BCUT2D eigenvalue weighted by molar-refractivity contribution is -0.119. The van der Waals surface area contributed by atoms with Crippen molar-refractivity contribution < 1.29 is 9.53 Å². The number of carbonyl (C=O) groups is 1. The van der Waals surface area contributed by atoms with Crippen LogP contribution in [0.1, 0.15) is 18.7 Å². The maximum absolute atomic E-state index is 11.1. The molecular weight excluding hydrogens is 218 g/mol. The van der Waals surface area contributed by atoms with E-state index in [4.69, 9.17) is 16.3 Å². The van der Waals surface area contributed by atoms with E-state index in [-0.39, 0.29) is 17.8 Å². The van der Waals surface area contributed by atoms with Crippen LogP contribution in [0.25, 0.3) is 0 Å². The van der Waals surface area contributed by atoms with E-state index in [0.29, 0.717) is 11.4 Å². The highest BCUT2D eigenvalue weighted by Crippen LogP contribution is 2.22. The second-order valence-corrected chi connectivity index (χ2v) is 3.45. The number of nitrogens with one attached hydrogen (secondary N) is 1. The van der Waals surface area contributed by atoms with Crippen molar-refractivity contribution in [1.29, 1.82) is 0 Å². The highest BCUT2D eigenvalue weighted by molar-refractivity contribution is 6.27. The van der Waals surface area contributed by atoms with Gasteiger partial charge in [0, 0.05) is 7.05 Å². The van der Waals surface area contributed by atoms with Gasteiger partial charge in [-0.1, -0.05) is 0 Å². The fourth-order valence-electron chi connectivity index (χ4n) is 1.29. The van der Waals surface area contributed by atoms with Crippen LogP contribution in [0.2, 0.25) is 0 Å². The summed E-state index contributed by atoms with van der Waals surface area (Å²) >= 11 is 5.39. The predicted octanol–water partition coefficient (Wildman–Crippen LogP) is 0.845. The van der Waals surface area contributed by atoms with Gasteiger partial charge < -0.3 is 10.1 Å². The number of hydrogen-bond donors (Lipinski definition) is 1. The molecule has 6 heteroatoms. The van der Waals surface area contributed by atoms with Crippen LogP contribution in [0.4, 0.5) is 0 Å². The third-order valence-corrected chi connectivity index (χ3v) is 2.19. The van der Waals surface area contributed by atoms with Crippen LogP contribution >= 0.6 is 11.6 Å². The first-order valence-electron chi connectivity index (χ1n) is 4.51. The minimum atomic E-state index is -0.225. The lowest BCUT2D eigenvalue weighted by atomic mass is 10.2. The summed E-state index contributed by atoms with van der Waals surface area (Å²) in [5.74, 6) is 0.371. The summed E-state index contributed by atoms with van der Waals surface area (Å²) in [5.41, 5.74) is 0.693. The summed E-state index contributed by atoms with van der Waals surface area (Å²) in [7, 11) is 3.36. The molecule has 1 N–H and O–H groups in total. The van der Waals surface area contributed by atoms with Gasteiger partial charge in [0.15, 0.2) is 5.75 Å². The monoisotopic (exact) mass is 231 g/mol. The van der Waals surface area contributed by atoms with Crippen molar-refractivity contribution in [3.8, 4) is 5.75 Å². The molecular formula is C9H14ClN3O2. The van der Waals surface area contributed by atoms with Crippen molar-refractivity contribution in [2.75, 3.05) is 13.0 Å². The number of aryl methyl sites for hydroxylation is 1. The molecule has 1 amide bonds. The van der Waals surface area contributed by atoms with Gasteiger partial charge in [-0.05, 0) is 6.92 Å². The molecule has 0 saturated carbocycles. The summed E-state index contributed by atoms with van der Waals surface area (Å²) in [4.78, 5) is 11.1. The molecule has 84 valence electrons. The summed E-state index contributed by atoms with van der Waals surface area (Å²) in [6.07, 6.45) is 1.75. The molecule has 0 radical (unpaired) electrons. The SMILES string of the molecule is COc1cn(C)nc1C(C)NC(=O)CCl. The van der Waals surface area contributed by atoms with Crippen LogP contribution in [0.5, 0.6) is 5.75 Å². The highest BCUT2D eigenvalue weighted by Gasteiger charge is 2.17. The molecule has 1 aromatic rings. The number of rotatable bonds is 4. The molecule has 1 aromatic heterocycles. The Morgan fingerprint density at radius 2 is 2.47 bits per heavy atom. The summed E-state index contributed by atoms with van der Waals surface area (Å²) in [6.45, 7) is 1.83. The molecule has 15 heavy (non-hydrogen) atoms.